The highest BCUT2D eigenvalue weighted by Gasteiger charge is 2.20. The third kappa shape index (κ3) is 7.08. The second-order valence-electron chi connectivity index (χ2n) is 7.84. The molecule has 0 aromatic heterocycles. The number of halogens is 4. The summed E-state index contributed by atoms with van der Waals surface area (Å²) in [5, 5.41) is 1.09. The van der Waals surface area contributed by atoms with Gasteiger partial charge in [-0.25, -0.2) is 8.78 Å². The lowest BCUT2D eigenvalue weighted by molar-refractivity contribution is 0.627. The molecule has 0 fully saturated rings. The zero-order chi connectivity index (χ0) is 24.6. The van der Waals surface area contributed by atoms with Crippen molar-refractivity contribution in [2.75, 3.05) is 0 Å². The molecule has 4 aromatic rings. The Bertz CT molecular complexity index is 1210. The molecule has 0 amide bonds. The van der Waals surface area contributed by atoms with Crippen LogP contribution in [0.4, 0.5) is 8.78 Å². The van der Waals surface area contributed by atoms with E-state index in [0.29, 0.717) is 10.0 Å². The molecule has 0 saturated heterocycles. The summed E-state index contributed by atoms with van der Waals surface area (Å²) in [6, 6.07) is 28.2. The standard InChI is InChI=1S/C30H22Cl2F2S/c31-27-7-3-1-5-25(27)29(19-13-21-9-15-23(33)16-10-21)35-30(26-6-2-4-8-28(26)32)20-14-22-11-17-24(34)18-12-22/h1-20,29-30H/b19-13-,20-14-. The van der Waals surface area contributed by atoms with Crippen molar-refractivity contribution >= 4 is 47.1 Å². The van der Waals surface area contributed by atoms with Crippen LogP contribution in [0, 0.1) is 11.6 Å². The van der Waals surface area contributed by atoms with Crippen molar-refractivity contribution in [1.82, 2.24) is 0 Å². The maximum Gasteiger partial charge on any atom is 0.123 e. The molecule has 0 bridgehead atoms. The summed E-state index contributed by atoms with van der Waals surface area (Å²) >= 11 is 14.9. The SMILES string of the molecule is Fc1ccc(/C=C\C(SC(/C=C\c2ccc(F)cc2)c2ccccc2Cl)c2ccccc2Cl)cc1. The molecule has 2 atom stereocenters. The molecular weight excluding hydrogens is 501 g/mol. The molecule has 0 spiro atoms. The summed E-state index contributed by atoms with van der Waals surface area (Å²) in [5.41, 5.74) is 3.70. The van der Waals surface area contributed by atoms with Crippen LogP contribution in [0.1, 0.15) is 32.8 Å². The van der Waals surface area contributed by atoms with E-state index < -0.39 is 0 Å². The quantitative estimate of drug-likeness (QED) is 0.221. The summed E-state index contributed by atoms with van der Waals surface area (Å²) in [6.07, 6.45) is 8.06. The largest absolute Gasteiger partial charge is 0.207 e. The van der Waals surface area contributed by atoms with Gasteiger partial charge in [0.05, 0.1) is 10.5 Å². The van der Waals surface area contributed by atoms with Crippen molar-refractivity contribution in [3.63, 3.8) is 0 Å². The molecule has 0 N–H and O–H groups in total. The fraction of sp³-hybridized carbons (Fsp3) is 0.0667. The number of thioether (sulfide) groups is 1. The van der Waals surface area contributed by atoms with Gasteiger partial charge in [0.25, 0.3) is 0 Å². The van der Waals surface area contributed by atoms with E-state index in [1.807, 2.05) is 60.7 Å². The van der Waals surface area contributed by atoms with Gasteiger partial charge in [0, 0.05) is 10.0 Å². The Morgan fingerprint density at radius 3 is 1.29 bits per heavy atom. The second kappa shape index (κ2) is 12.2. The van der Waals surface area contributed by atoms with Crippen LogP contribution in [0.2, 0.25) is 10.0 Å². The topological polar surface area (TPSA) is 0 Å². The highest BCUT2D eigenvalue weighted by molar-refractivity contribution is 8.00. The van der Waals surface area contributed by atoms with Gasteiger partial charge >= 0.3 is 0 Å². The number of rotatable bonds is 8. The van der Waals surface area contributed by atoms with Gasteiger partial charge in [-0.15, -0.1) is 11.8 Å². The predicted octanol–water partition coefficient (Wildman–Crippen LogP) is 10.2. The van der Waals surface area contributed by atoms with Crippen LogP contribution in [0.5, 0.6) is 0 Å². The third-order valence-corrected chi connectivity index (χ3v) is 7.48. The summed E-state index contributed by atoms with van der Waals surface area (Å²) < 4.78 is 26.7. The highest BCUT2D eigenvalue weighted by Crippen LogP contribution is 2.46. The Kier molecular flexibility index (Phi) is 8.81. The van der Waals surface area contributed by atoms with E-state index in [-0.39, 0.29) is 22.1 Å². The molecule has 0 saturated carbocycles. The summed E-state index contributed by atoms with van der Waals surface area (Å²) in [7, 11) is 0. The Morgan fingerprint density at radius 1 is 0.543 bits per heavy atom. The van der Waals surface area contributed by atoms with Gasteiger partial charge in [-0.3, -0.25) is 0 Å². The van der Waals surface area contributed by atoms with E-state index in [0.717, 1.165) is 22.3 Å². The molecule has 5 heteroatoms. The van der Waals surface area contributed by atoms with E-state index in [4.69, 9.17) is 23.2 Å². The zero-order valence-electron chi connectivity index (χ0n) is 18.6. The molecule has 35 heavy (non-hydrogen) atoms. The smallest absolute Gasteiger partial charge is 0.123 e. The molecule has 2 unspecified atom stereocenters. The van der Waals surface area contributed by atoms with Gasteiger partial charge < -0.3 is 0 Å². The lowest BCUT2D eigenvalue weighted by atomic mass is 10.1. The van der Waals surface area contributed by atoms with Crippen LogP contribution in [-0.4, -0.2) is 0 Å². The first kappa shape index (κ1) is 25.2. The Balaban J connectivity index is 1.71. The molecular formula is C30H22Cl2F2S. The van der Waals surface area contributed by atoms with Crippen molar-refractivity contribution < 1.29 is 8.78 Å². The van der Waals surface area contributed by atoms with Gasteiger partial charge in [0.1, 0.15) is 11.6 Å². The van der Waals surface area contributed by atoms with Crippen molar-refractivity contribution in [1.29, 1.82) is 0 Å². The Labute approximate surface area is 218 Å². The lowest BCUT2D eigenvalue weighted by Gasteiger charge is -2.22. The van der Waals surface area contributed by atoms with Crippen LogP contribution in [-0.2, 0) is 0 Å². The van der Waals surface area contributed by atoms with E-state index in [1.165, 1.54) is 24.3 Å². The Morgan fingerprint density at radius 2 is 0.914 bits per heavy atom. The molecule has 0 aliphatic carbocycles. The highest BCUT2D eigenvalue weighted by atomic mass is 35.5. The van der Waals surface area contributed by atoms with Crippen LogP contribution >= 0.6 is 35.0 Å². The molecule has 4 rings (SSSR count). The molecule has 0 aliphatic rings. The molecule has 4 aromatic carbocycles. The first-order valence-electron chi connectivity index (χ1n) is 11.0. The van der Waals surface area contributed by atoms with Crippen LogP contribution < -0.4 is 0 Å². The van der Waals surface area contributed by atoms with Crippen molar-refractivity contribution in [3.05, 3.63) is 153 Å². The normalized spacial score (nSPS) is 13.4. The average molecular weight is 523 g/mol. The zero-order valence-corrected chi connectivity index (χ0v) is 21.0. The fourth-order valence-electron chi connectivity index (χ4n) is 3.56. The van der Waals surface area contributed by atoms with E-state index >= 15 is 0 Å². The van der Waals surface area contributed by atoms with Gasteiger partial charge in [0.15, 0.2) is 0 Å². The van der Waals surface area contributed by atoms with Crippen molar-refractivity contribution in [2.45, 2.75) is 10.5 Å². The van der Waals surface area contributed by atoms with E-state index in [1.54, 1.807) is 36.0 Å². The maximum atomic E-state index is 13.4. The van der Waals surface area contributed by atoms with Crippen LogP contribution in [0.3, 0.4) is 0 Å². The van der Waals surface area contributed by atoms with Crippen molar-refractivity contribution in [3.8, 4) is 0 Å². The minimum Gasteiger partial charge on any atom is -0.207 e. The predicted molar refractivity (Wildman–Crippen MR) is 147 cm³/mol. The van der Waals surface area contributed by atoms with Crippen LogP contribution in [0.15, 0.2) is 109 Å². The average Bonchev–Trinajstić information content (AvgIpc) is 2.87. The summed E-state index contributed by atoms with van der Waals surface area (Å²) in [4.78, 5) is 0. The summed E-state index contributed by atoms with van der Waals surface area (Å²) in [6.45, 7) is 0. The van der Waals surface area contributed by atoms with E-state index in [2.05, 4.69) is 12.2 Å². The van der Waals surface area contributed by atoms with E-state index in [9.17, 15) is 8.78 Å². The van der Waals surface area contributed by atoms with Gasteiger partial charge in [-0.1, -0.05) is 108 Å². The fourth-order valence-corrected chi connectivity index (χ4v) is 5.55. The molecule has 0 aliphatic heterocycles. The Hall–Kier alpha value is -2.85. The number of hydrogen-bond acceptors (Lipinski definition) is 1. The minimum absolute atomic E-state index is 0.118. The van der Waals surface area contributed by atoms with Crippen molar-refractivity contribution in [2.24, 2.45) is 0 Å². The molecule has 0 radical (unpaired) electrons. The number of hydrogen-bond donors (Lipinski definition) is 0. The lowest BCUT2D eigenvalue weighted by Crippen LogP contribution is -1.98. The minimum atomic E-state index is -0.274. The molecule has 0 heterocycles. The van der Waals surface area contributed by atoms with Gasteiger partial charge in [-0.2, -0.15) is 0 Å². The van der Waals surface area contributed by atoms with Gasteiger partial charge in [-0.05, 0) is 58.7 Å². The number of benzene rings is 4. The molecule has 176 valence electrons. The monoisotopic (exact) mass is 522 g/mol. The van der Waals surface area contributed by atoms with Gasteiger partial charge in [0.2, 0.25) is 0 Å². The third-order valence-electron chi connectivity index (χ3n) is 5.38. The molecule has 0 nitrogen and oxygen atoms in total. The van der Waals surface area contributed by atoms with Crippen LogP contribution in [0.25, 0.3) is 12.2 Å². The second-order valence-corrected chi connectivity index (χ2v) is 9.94. The first-order chi connectivity index (χ1) is 17.0. The maximum absolute atomic E-state index is 13.4. The summed E-state index contributed by atoms with van der Waals surface area (Å²) in [5.74, 6) is -0.548. The first-order valence-corrected chi connectivity index (χ1v) is 12.7.